The minimum atomic E-state index is 0.387. The number of piperidine rings is 1. The summed E-state index contributed by atoms with van der Waals surface area (Å²) in [6.07, 6.45) is 3.96. The van der Waals surface area contributed by atoms with Crippen molar-refractivity contribution < 1.29 is 9.47 Å². The molecule has 2 heterocycles. The van der Waals surface area contributed by atoms with E-state index in [2.05, 4.69) is 20.2 Å². The van der Waals surface area contributed by atoms with Gasteiger partial charge in [-0.05, 0) is 25.9 Å². The maximum Gasteiger partial charge on any atom is 0.218 e. The molecule has 20 heavy (non-hydrogen) atoms. The fourth-order valence-electron chi connectivity index (χ4n) is 2.33. The highest BCUT2D eigenvalue weighted by Gasteiger charge is 2.10. The summed E-state index contributed by atoms with van der Waals surface area (Å²) < 4.78 is 10.8. The van der Waals surface area contributed by atoms with Crippen LogP contribution in [0.5, 0.6) is 5.88 Å². The lowest BCUT2D eigenvalue weighted by Crippen LogP contribution is -2.33. The average molecular weight is 280 g/mol. The summed E-state index contributed by atoms with van der Waals surface area (Å²) in [4.78, 5) is 11.1. The molecule has 0 saturated carbocycles. The minimum Gasteiger partial charge on any atom is -0.476 e. The van der Waals surface area contributed by atoms with Gasteiger partial charge in [0, 0.05) is 26.8 Å². The monoisotopic (exact) mass is 280 g/mol. The number of nitrogens with zero attached hydrogens (tertiary/aromatic N) is 3. The number of aromatic nitrogens is 2. The molecule has 1 aliphatic rings. The molecule has 6 nitrogen and oxygen atoms in total. The highest BCUT2D eigenvalue weighted by Crippen LogP contribution is 2.14. The molecule has 6 heteroatoms. The van der Waals surface area contributed by atoms with Crippen molar-refractivity contribution in [3.8, 4) is 5.88 Å². The Labute approximate surface area is 120 Å². The van der Waals surface area contributed by atoms with Crippen molar-refractivity contribution >= 4 is 5.82 Å². The van der Waals surface area contributed by atoms with Crippen molar-refractivity contribution in [2.45, 2.75) is 25.9 Å². The number of methoxy groups -OCH3 is 1. The highest BCUT2D eigenvalue weighted by molar-refractivity contribution is 5.37. The molecule has 0 atom stereocenters. The van der Waals surface area contributed by atoms with Crippen LogP contribution < -0.4 is 10.1 Å². The Hall–Kier alpha value is -1.40. The lowest BCUT2D eigenvalue weighted by Gasteiger charge is -2.26. The van der Waals surface area contributed by atoms with Crippen LogP contribution in [0.25, 0.3) is 0 Å². The van der Waals surface area contributed by atoms with E-state index < -0.39 is 0 Å². The fraction of sp³-hybridized carbons (Fsp3) is 0.714. The van der Waals surface area contributed by atoms with Crippen LogP contribution in [0.15, 0.2) is 6.07 Å². The van der Waals surface area contributed by atoms with E-state index in [0.29, 0.717) is 24.9 Å². The van der Waals surface area contributed by atoms with Crippen molar-refractivity contribution in [3.63, 3.8) is 0 Å². The van der Waals surface area contributed by atoms with Crippen LogP contribution >= 0.6 is 0 Å². The van der Waals surface area contributed by atoms with Gasteiger partial charge in [-0.3, -0.25) is 4.90 Å². The van der Waals surface area contributed by atoms with Crippen LogP contribution in [0.4, 0.5) is 5.82 Å². The van der Waals surface area contributed by atoms with Crippen LogP contribution in [0.2, 0.25) is 0 Å². The number of ether oxygens (including phenoxy) is 2. The zero-order valence-corrected chi connectivity index (χ0v) is 12.4. The molecule has 0 amide bonds. The summed E-state index contributed by atoms with van der Waals surface area (Å²) in [6.45, 7) is 4.37. The van der Waals surface area contributed by atoms with Gasteiger partial charge in [0.25, 0.3) is 0 Å². The van der Waals surface area contributed by atoms with Gasteiger partial charge < -0.3 is 14.8 Å². The maximum absolute atomic E-state index is 5.75. The first kappa shape index (κ1) is 15.0. The summed E-state index contributed by atoms with van der Waals surface area (Å²) in [5, 5.41) is 3.01. The van der Waals surface area contributed by atoms with E-state index in [9.17, 15) is 0 Å². The lowest BCUT2D eigenvalue weighted by atomic mass is 10.1. The number of rotatable bonds is 7. The van der Waals surface area contributed by atoms with Gasteiger partial charge in [0.2, 0.25) is 5.88 Å². The molecule has 0 spiro atoms. The van der Waals surface area contributed by atoms with Crippen molar-refractivity contribution in [2.75, 3.05) is 45.7 Å². The summed E-state index contributed by atoms with van der Waals surface area (Å²) in [6, 6.07) is 1.81. The number of hydrogen-bond acceptors (Lipinski definition) is 6. The molecular weight excluding hydrogens is 256 g/mol. The molecule has 0 unspecified atom stereocenters. The Bertz CT molecular complexity index is 408. The lowest BCUT2D eigenvalue weighted by molar-refractivity contribution is 0.170. The molecular formula is C14H24N4O2. The molecule has 1 N–H and O–H groups in total. The predicted octanol–water partition coefficient (Wildman–Crippen LogP) is 1.53. The molecule has 1 fully saturated rings. The van der Waals surface area contributed by atoms with Crippen molar-refractivity contribution in [2.24, 2.45) is 0 Å². The van der Waals surface area contributed by atoms with Gasteiger partial charge in [0.1, 0.15) is 19.0 Å². The third-order valence-corrected chi connectivity index (χ3v) is 3.38. The number of nitrogens with one attached hydrogen (secondary N) is 1. The third-order valence-electron chi connectivity index (χ3n) is 3.38. The second kappa shape index (κ2) is 8.01. The smallest absolute Gasteiger partial charge is 0.218 e. The van der Waals surface area contributed by atoms with Gasteiger partial charge >= 0.3 is 0 Å². The van der Waals surface area contributed by atoms with Crippen molar-refractivity contribution in [3.05, 3.63) is 11.9 Å². The summed E-state index contributed by atoms with van der Waals surface area (Å²) in [5.74, 6) is 1.99. The first-order chi connectivity index (χ1) is 9.81. The van der Waals surface area contributed by atoms with E-state index in [-0.39, 0.29) is 0 Å². The molecule has 0 radical (unpaired) electrons. The molecule has 1 aromatic rings. The van der Waals surface area contributed by atoms with E-state index in [4.69, 9.17) is 9.47 Å². The standard InChI is InChI=1S/C14H24N4O2/c1-15-12-10-14(17-13(16-12)11-19-2)20-9-8-18-6-4-3-5-7-18/h10H,3-9,11H2,1-2H3,(H,15,16,17). The van der Waals surface area contributed by atoms with E-state index in [1.54, 1.807) is 7.11 Å². The van der Waals surface area contributed by atoms with Crippen LogP contribution in [-0.2, 0) is 11.3 Å². The predicted molar refractivity (Wildman–Crippen MR) is 78.1 cm³/mol. The Balaban J connectivity index is 1.85. The van der Waals surface area contributed by atoms with Crippen LogP contribution in [0.3, 0.4) is 0 Å². The molecule has 2 rings (SSSR count). The molecule has 0 aromatic carbocycles. The molecule has 112 valence electrons. The minimum absolute atomic E-state index is 0.387. The first-order valence-corrected chi connectivity index (χ1v) is 7.21. The SMILES string of the molecule is CNc1cc(OCCN2CCCCC2)nc(COC)n1. The quantitative estimate of drug-likeness (QED) is 0.817. The molecule has 1 aliphatic heterocycles. The molecule has 0 aliphatic carbocycles. The van der Waals surface area contributed by atoms with Gasteiger partial charge in [0.15, 0.2) is 5.82 Å². The first-order valence-electron chi connectivity index (χ1n) is 7.21. The average Bonchev–Trinajstić information content (AvgIpc) is 2.48. The normalized spacial score (nSPS) is 16.1. The fourth-order valence-corrected chi connectivity index (χ4v) is 2.33. The summed E-state index contributed by atoms with van der Waals surface area (Å²) in [7, 11) is 3.46. The van der Waals surface area contributed by atoms with E-state index >= 15 is 0 Å². The van der Waals surface area contributed by atoms with Gasteiger partial charge in [-0.25, -0.2) is 4.98 Å². The third kappa shape index (κ3) is 4.61. The second-order valence-corrected chi connectivity index (χ2v) is 4.94. The number of anilines is 1. The van der Waals surface area contributed by atoms with E-state index in [1.807, 2.05) is 13.1 Å². The van der Waals surface area contributed by atoms with Gasteiger partial charge in [-0.1, -0.05) is 6.42 Å². The zero-order valence-electron chi connectivity index (χ0n) is 12.4. The van der Waals surface area contributed by atoms with Crippen LogP contribution in [-0.4, -0.2) is 55.3 Å². The Kier molecular flexibility index (Phi) is 6.01. The Morgan fingerprint density at radius 3 is 2.75 bits per heavy atom. The van der Waals surface area contributed by atoms with Gasteiger partial charge in [0.05, 0.1) is 0 Å². The topological polar surface area (TPSA) is 59.5 Å². The number of likely N-dealkylation sites (tertiary alicyclic amines) is 1. The Morgan fingerprint density at radius 2 is 2.05 bits per heavy atom. The largest absolute Gasteiger partial charge is 0.476 e. The maximum atomic E-state index is 5.75. The number of hydrogen-bond donors (Lipinski definition) is 1. The summed E-state index contributed by atoms with van der Waals surface area (Å²) in [5.41, 5.74) is 0. The van der Waals surface area contributed by atoms with Gasteiger partial charge in [-0.2, -0.15) is 4.98 Å². The molecule has 0 bridgehead atoms. The molecule has 1 saturated heterocycles. The summed E-state index contributed by atoms with van der Waals surface area (Å²) >= 11 is 0. The van der Waals surface area contributed by atoms with Crippen LogP contribution in [0, 0.1) is 0 Å². The highest BCUT2D eigenvalue weighted by atomic mass is 16.5. The van der Waals surface area contributed by atoms with Crippen LogP contribution in [0.1, 0.15) is 25.1 Å². The van der Waals surface area contributed by atoms with E-state index in [0.717, 1.165) is 12.4 Å². The second-order valence-electron chi connectivity index (χ2n) is 4.94. The van der Waals surface area contributed by atoms with Crippen molar-refractivity contribution in [1.29, 1.82) is 0 Å². The zero-order chi connectivity index (χ0) is 14.2. The van der Waals surface area contributed by atoms with Gasteiger partial charge in [-0.15, -0.1) is 0 Å². The Morgan fingerprint density at radius 1 is 1.25 bits per heavy atom. The molecule has 1 aromatic heterocycles. The van der Waals surface area contributed by atoms with Crippen molar-refractivity contribution in [1.82, 2.24) is 14.9 Å². The van der Waals surface area contributed by atoms with E-state index in [1.165, 1.54) is 32.4 Å².